The molecule has 2 atom stereocenters. The number of benzene rings is 2. The van der Waals surface area contributed by atoms with Crippen molar-refractivity contribution in [3.05, 3.63) is 82.9 Å². The zero-order valence-electron chi connectivity index (χ0n) is 15.7. The fraction of sp³-hybridized carbons (Fsp3) is 0.182. The third kappa shape index (κ3) is 4.38. The molecule has 154 valence electrons. The van der Waals surface area contributed by atoms with E-state index in [-0.39, 0.29) is 13.2 Å². The standard InChI is InChI=1S/C22H18O8/c23-19(24)15-16(20(25)26)18(22(28)30-12-14-9-5-2-6-10-14)17(15)21(27)29-11-13-7-3-1-4-8-13/h1-10,15-16H,11-12H2,(H,23,24)(H,25,26)/t15-,16?/m0/s1. The lowest BCUT2D eigenvalue weighted by molar-refractivity contribution is -0.159. The molecule has 2 aromatic rings. The molecule has 8 nitrogen and oxygen atoms in total. The zero-order chi connectivity index (χ0) is 21.7. The normalized spacial score (nSPS) is 17.6. The molecule has 0 spiro atoms. The Kier molecular flexibility index (Phi) is 6.26. The van der Waals surface area contributed by atoms with Crippen LogP contribution in [0, 0.1) is 11.8 Å². The summed E-state index contributed by atoms with van der Waals surface area (Å²) in [5, 5.41) is 18.8. The highest BCUT2D eigenvalue weighted by molar-refractivity contribution is 6.12. The second-order valence-electron chi connectivity index (χ2n) is 6.58. The fourth-order valence-corrected chi connectivity index (χ4v) is 3.18. The summed E-state index contributed by atoms with van der Waals surface area (Å²) >= 11 is 0. The Labute approximate surface area is 171 Å². The molecule has 0 saturated heterocycles. The molecule has 2 aromatic carbocycles. The highest BCUT2D eigenvalue weighted by atomic mass is 16.5. The van der Waals surface area contributed by atoms with Crippen molar-refractivity contribution in [3.8, 4) is 0 Å². The molecule has 1 aliphatic carbocycles. The molecule has 0 radical (unpaired) electrons. The van der Waals surface area contributed by atoms with Crippen LogP contribution in [0.25, 0.3) is 0 Å². The zero-order valence-corrected chi connectivity index (χ0v) is 15.7. The van der Waals surface area contributed by atoms with Crippen molar-refractivity contribution < 1.29 is 38.9 Å². The average Bonchev–Trinajstić information content (AvgIpc) is 2.71. The van der Waals surface area contributed by atoms with E-state index in [0.29, 0.717) is 11.1 Å². The van der Waals surface area contributed by atoms with Gasteiger partial charge in [0.25, 0.3) is 0 Å². The summed E-state index contributed by atoms with van der Waals surface area (Å²) in [7, 11) is 0. The van der Waals surface area contributed by atoms with E-state index in [1.807, 2.05) is 0 Å². The molecule has 0 aliphatic heterocycles. The molecule has 0 bridgehead atoms. The quantitative estimate of drug-likeness (QED) is 0.634. The Morgan fingerprint density at radius 2 is 0.967 bits per heavy atom. The van der Waals surface area contributed by atoms with Crippen molar-refractivity contribution in [3.63, 3.8) is 0 Å². The van der Waals surface area contributed by atoms with E-state index in [2.05, 4.69) is 0 Å². The first-order valence-electron chi connectivity index (χ1n) is 9.02. The van der Waals surface area contributed by atoms with Gasteiger partial charge in [0.05, 0.1) is 11.1 Å². The van der Waals surface area contributed by atoms with Gasteiger partial charge in [-0.15, -0.1) is 0 Å². The lowest BCUT2D eigenvalue weighted by Gasteiger charge is -2.34. The lowest BCUT2D eigenvalue weighted by Crippen LogP contribution is -2.47. The third-order valence-electron chi connectivity index (χ3n) is 4.64. The second kappa shape index (κ2) is 9.04. The summed E-state index contributed by atoms with van der Waals surface area (Å²) in [6, 6.07) is 17.3. The monoisotopic (exact) mass is 410 g/mol. The number of ether oxygens (including phenoxy) is 2. The SMILES string of the molecule is O=C(OCc1ccccc1)C1=C(C(=O)OCc2ccccc2)[C@@H](C(=O)O)C1C(=O)O. The predicted octanol–water partition coefficient (Wildman–Crippen LogP) is 2.18. The van der Waals surface area contributed by atoms with Crippen molar-refractivity contribution >= 4 is 23.9 Å². The molecule has 0 saturated carbocycles. The van der Waals surface area contributed by atoms with E-state index in [1.165, 1.54) is 0 Å². The first-order valence-corrected chi connectivity index (χ1v) is 9.02. The molecule has 8 heteroatoms. The van der Waals surface area contributed by atoms with Crippen molar-refractivity contribution in [2.24, 2.45) is 11.8 Å². The number of carboxylic acids is 2. The van der Waals surface area contributed by atoms with Crippen LogP contribution in [0.15, 0.2) is 71.8 Å². The number of carboxylic acid groups (broad SMARTS) is 2. The first-order chi connectivity index (χ1) is 14.4. The van der Waals surface area contributed by atoms with Gasteiger partial charge in [0.1, 0.15) is 25.0 Å². The number of carbonyl (C=O) groups is 4. The Balaban J connectivity index is 1.83. The van der Waals surface area contributed by atoms with Gasteiger partial charge < -0.3 is 19.7 Å². The minimum absolute atomic E-state index is 0.153. The van der Waals surface area contributed by atoms with E-state index in [9.17, 15) is 29.4 Å². The average molecular weight is 410 g/mol. The topological polar surface area (TPSA) is 127 Å². The van der Waals surface area contributed by atoms with E-state index in [4.69, 9.17) is 9.47 Å². The van der Waals surface area contributed by atoms with E-state index in [0.717, 1.165) is 0 Å². The van der Waals surface area contributed by atoms with Gasteiger partial charge in [-0.3, -0.25) is 9.59 Å². The molecule has 2 N–H and O–H groups in total. The smallest absolute Gasteiger partial charge is 0.335 e. The van der Waals surface area contributed by atoms with Gasteiger partial charge in [0, 0.05) is 0 Å². The van der Waals surface area contributed by atoms with Crippen LogP contribution in [0.5, 0.6) is 0 Å². The molecule has 0 fully saturated rings. The molecule has 1 unspecified atom stereocenters. The second-order valence-corrected chi connectivity index (χ2v) is 6.58. The summed E-state index contributed by atoms with van der Waals surface area (Å²) in [4.78, 5) is 48.2. The van der Waals surface area contributed by atoms with Crippen LogP contribution in [-0.2, 0) is 41.9 Å². The fourth-order valence-electron chi connectivity index (χ4n) is 3.18. The largest absolute Gasteiger partial charge is 0.481 e. The molecule has 0 heterocycles. The van der Waals surface area contributed by atoms with Crippen LogP contribution in [0.4, 0.5) is 0 Å². The van der Waals surface area contributed by atoms with E-state index >= 15 is 0 Å². The van der Waals surface area contributed by atoms with Gasteiger partial charge in [-0.25, -0.2) is 9.59 Å². The first kappa shape index (κ1) is 20.8. The maximum absolute atomic E-state index is 12.5. The Morgan fingerprint density at radius 3 is 1.27 bits per heavy atom. The number of hydrogen-bond donors (Lipinski definition) is 2. The number of aliphatic carboxylic acids is 2. The minimum atomic E-state index is -1.69. The van der Waals surface area contributed by atoms with Crippen LogP contribution >= 0.6 is 0 Å². The van der Waals surface area contributed by atoms with Gasteiger partial charge in [-0.2, -0.15) is 0 Å². The third-order valence-corrected chi connectivity index (χ3v) is 4.64. The Morgan fingerprint density at radius 1 is 0.633 bits per heavy atom. The molecule has 30 heavy (non-hydrogen) atoms. The number of hydrogen-bond acceptors (Lipinski definition) is 6. The highest BCUT2D eigenvalue weighted by Crippen LogP contribution is 2.43. The molecular weight excluding hydrogens is 392 g/mol. The summed E-state index contributed by atoms with van der Waals surface area (Å²) in [5.41, 5.74) is 0.314. The summed E-state index contributed by atoms with van der Waals surface area (Å²) in [6.45, 7) is -0.306. The van der Waals surface area contributed by atoms with Crippen molar-refractivity contribution in [1.82, 2.24) is 0 Å². The van der Waals surface area contributed by atoms with Crippen molar-refractivity contribution in [2.75, 3.05) is 0 Å². The predicted molar refractivity (Wildman–Crippen MR) is 102 cm³/mol. The lowest BCUT2D eigenvalue weighted by atomic mass is 9.67. The number of carbonyl (C=O) groups excluding carboxylic acids is 2. The van der Waals surface area contributed by atoms with Gasteiger partial charge in [-0.1, -0.05) is 60.7 Å². The van der Waals surface area contributed by atoms with E-state index < -0.39 is 46.9 Å². The Hall–Kier alpha value is -3.94. The maximum Gasteiger partial charge on any atom is 0.335 e. The van der Waals surface area contributed by atoms with Gasteiger partial charge in [0.2, 0.25) is 0 Å². The molecule has 3 rings (SSSR count). The minimum Gasteiger partial charge on any atom is -0.481 e. The van der Waals surface area contributed by atoms with Crippen LogP contribution in [0.2, 0.25) is 0 Å². The molecule has 1 aliphatic rings. The van der Waals surface area contributed by atoms with Gasteiger partial charge in [-0.05, 0) is 11.1 Å². The summed E-state index contributed by atoms with van der Waals surface area (Å²) < 4.78 is 10.2. The van der Waals surface area contributed by atoms with Crippen molar-refractivity contribution in [2.45, 2.75) is 13.2 Å². The Bertz CT molecular complexity index is 913. The van der Waals surface area contributed by atoms with Crippen LogP contribution < -0.4 is 0 Å². The summed E-state index contributed by atoms with van der Waals surface area (Å²) in [5.74, 6) is -8.57. The van der Waals surface area contributed by atoms with Gasteiger partial charge >= 0.3 is 23.9 Å². The molecule has 0 amide bonds. The van der Waals surface area contributed by atoms with Gasteiger partial charge in [0.15, 0.2) is 0 Å². The van der Waals surface area contributed by atoms with Crippen LogP contribution in [0.1, 0.15) is 11.1 Å². The van der Waals surface area contributed by atoms with Crippen LogP contribution in [-0.4, -0.2) is 34.1 Å². The maximum atomic E-state index is 12.5. The number of rotatable bonds is 8. The van der Waals surface area contributed by atoms with Crippen LogP contribution in [0.3, 0.4) is 0 Å². The molecule has 0 aromatic heterocycles. The van der Waals surface area contributed by atoms with E-state index in [1.54, 1.807) is 60.7 Å². The number of esters is 2. The van der Waals surface area contributed by atoms with Crippen molar-refractivity contribution in [1.29, 1.82) is 0 Å². The summed E-state index contributed by atoms with van der Waals surface area (Å²) in [6.07, 6.45) is 0. The molecular formula is C22H18O8. The highest BCUT2D eigenvalue weighted by Gasteiger charge is 2.56.